The number of pyridine rings is 1. The maximum Gasteiger partial charge on any atom is 0.161 e. The van der Waals surface area contributed by atoms with Crippen LogP contribution in [0.1, 0.15) is 24.4 Å². The van der Waals surface area contributed by atoms with Crippen molar-refractivity contribution in [2.45, 2.75) is 18.9 Å². The van der Waals surface area contributed by atoms with Crippen LogP contribution >= 0.6 is 15.9 Å². The molecule has 0 amide bonds. The molecule has 7 heteroatoms. The number of hydrogen-bond acceptors (Lipinski definition) is 4. The Morgan fingerprint density at radius 2 is 1.79 bits per heavy atom. The average Bonchev–Trinajstić information content (AvgIpc) is 3.38. The first kappa shape index (κ1) is 15.4. The molecule has 1 aliphatic rings. The van der Waals surface area contributed by atoms with Gasteiger partial charge in [-0.2, -0.15) is 0 Å². The van der Waals surface area contributed by atoms with Crippen LogP contribution < -0.4 is 5.32 Å². The Hall–Kier alpha value is -2.15. The van der Waals surface area contributed by atoms with Gasteiger partial charge in [-0.25, -0.2) is 13.8 Å². The summed E-state index contributed by atoms with van der Waals surface area (Å²) in [4.78, 5) is 12.7. The Morgan fingerprint density at radius 1 is 1.04 bits per heavy atom. The van der Waals surface area contributed by atoms with E-state index < -0.39 is 11.6 Å². The van der Waals surface area contributed by atoms with E-state index in [1.807, 2.05) is 12.3 Å². The fraction of sp³-hybridized carbons (Fsp3) is 0.235. The molecule has 4 nitrogen and oxygen atoms in total. The molecule has 1 aliphatic carbocycles. The van der Waals surface area contributed by atoms with Crippen LogP contribution in [0.4, 0.5) is 14.6 Å². The topological polar surface area (TPSA) is 50.7 Å². The summed E-state index contributed by atoms with van der Waals surface area (Å²) in [7, 11) is 0. The van der Waals surface area contributed by atoms with Crippen LogP contribution in [-0.4, -0.2) is 15.0 Å². The zero-order valence-corrected chi connectivity index (χ0v) is 14.1. The highest BCUT2D eigenvalue weighted by molar-refractivity contribution is 9.10. The average molecular weight is 391 g/mol. The van der Waals surface area contributed by atoms with Crippen LogP contribution in [0, 0.1) is 17.6 Å². The van der Waals surface area contributed by atoms with Crippen molar-refractivity contribution in [3.05, 3.63) is 58.5 Å². The summed E-state index contributed by atoms with van der Waals surface area (Å²) in [6.45, 7) is 0. The SMILES string of the molecule is Fc1cc2ncc(NC(c3cncc(Br)c3)C3CC3)nc2cc1F. The summed E-state index contributed by atoms with van der Waals surface area (Å²) in [5, 5.41) is 3.36. The third-order valence-electron chi connectivity index (χ3n) is 4.07. The second kappa shape index (κ2) is 6.05. The molecule has 2 heterocycles. The molecule has 1 unspecified atom stereocenters. The summed E-state index contributed by atoms with van der Waals surface area (Å²) in [6, 6.07) is 4.20. The molecular formula is C17H13BrF2N4. The molecular weight excluding hydrogens is 378 g/mol. The second-order valence-corrected chi connectivity index (χ2v) is 6.82. The van der Waals surface area contributed by atoms with Gasteiger partial charge in [-0.05, 0) is 46.3 Å². The lowest BCUT2D eigenvalue weighted by atomic mass is 10.0. The Kier molecular flexibility index (Phi) is 3.88. The maximum absolute atomic E-state index is 13.4. The number of halogens is 3. The standard InChI is InChI=1S/C17H13BrF2N4/c18-11-3-10(6-21-7-11)17(9-1-2-9)24-16-8-22-14-4-12(19)13(20)5-15(14)23-16/h3-9,17H,1-2H2,(H,23,24). The molecule has 0 spiro atoms. The van der Waals surface area contributed by atoms with Crippen LogP contribution in [-0.2, 0) is 0 Å². The van der Waals surface area contributed by atoms with Gasteiger partial charge in [0.05, 0.1) is 23.3 Å². The third-order valence-corrected chi connectivity index (χ3v) is 4.50. The Labute approximate surface area is 145 Å². The molecule has 24 heavy (non-hydrogen) atoms. The minimum Gasteiger partial charge on any atom is -0.362 e. The van der Waals surface area contributed by atoms with E-state index in [2.05, 4.69) is 36.2 Å². The van der Waals surface area contributed by atoms with Crippen molar-refractivity contribution < 1.29 is 8.78 Å². The second-order valence-electron chi connectivity index (χ2n) is 5.91. The molecule has 1 N–H and O–H groups in total. The lowest BCUT2D eigenvalue weighted by Gasteiger charge is -2.19. The van der Waals surface area contributed by atoms with Crippen molar-refractivity contribution >= 4 is 32.8 Å². The maximum atomic E-state index is 13.4. The van der Waals surface area contributed by atoms with Gasteiger partial charge in [0.15, 0.2) is 11.6 Å². The highest BCUT2D eigenvalue weighted by Gasteiger charge is 2.33. The summed E-state index contributed by atoms with van der Waals surface area (Å²) < 4.78 is 27.6. The quantitative estimate of drug-likeness (QED) is 0.705. The number of aromatic nitrogens is 3. The van der Waals surface area contributed by atoms with Gasteiger partial charge >= 0.3 is 0 Å². The zero-order chi connectivity index (χ0) is 16.7. The molecule has 4 rings (SSSR count). The van der Waals surface area contributed by atoms with Crippen LogP contribution in [0.5, 0.6) is 0 Å². The smallest absolute Gasteiger partial charge is 0.161 e. The molecule has 122 valence electrons. The van der Waals surface area contributed by atoms with Gasteiger partial charge in [-0.3, -0.25) is 9.97 Å². The highest BCUT2D eigenvalue weighted by atomic mass is 79.9. The monoisotopic (exact) mass is 390 g/mol. The summed E-state index contributed by atoms with van der Waals surface area (Å²) in [5.41, 5.74) is 1.70. The normalized spacial score (nSPS) is 15.5. The predicted molar refractivity (Wildman–Crippen MR) is 90.5 cm³/mol. The van der Waals surface area contributed by atoms with Gasteiger partial charge in [-0.1, -0.05) is 0 Å². The van der Waals surface area contributed by atoms with Crippen LogP contribution in [0.15, 0.2) is 41.3 Å². The third kappa shape index (κ3) is 3.08. The molecule has 0 aliphatic heterocycles. The van der Waals surface area contributed by atoms with Gasteiger partial charge in [0.2, 0.25) is 0 Å². The lowest BCUT2D eigenvalue weighted by molar-refractivity contribution is 0.510. The predicted octanol–water partition coefficient (Wildman–Crippen LogP) is 4.63. The molecule has 0 saturated heterocycles. The van der Waals surface area contributed by atoms with Gasteiger partial charge < -0.3 is 5.32 Å². The molecule has 1 atom stereocenters. The molecule has 1 saturated carbocycles. The first-order chi connectivity index (χ1) is 11.6. The molecule has 0 radical (unpaired) electrons. The van der Waals surface area contributed by atoms with Gasteiger partial charge in [0.1, 0.15) is 5.82 Å². The van der Waals surface area contributed by atoms with Crippen molar-refractivity contribution in [3.63, 3.8) is 0 Å². The van der Waals surface area contributed by atoms with E-state index in [0.717, 1.165) is 35.0 Å². The van der Waals surface area contributed by atoms with E-state index in [9.17, 15) is 8.78 Å². The molecule has 2 aromatic heterocycles. The van der Waals surface area contributed by atoms with Crippen LogP contribution in [0.2, 0.25) is 0 Å². The van der Waals surface area contributed by atoms with Crippen LogP contribution in [0.25, 0.3) is 11.0 Å². The van der Waals surface area contributed by atoms with Crippen molar-refractivity contribution in [2.75, 3.05) is 5.32 Å². The Balaban J connectivity index is 1.67. The van der Waals surface area contributed by atoms with Crippen molar-refractivity contribution in [1.29, 1.82) is 0 Å². The van der Waals surface area contributed by atoms with Crippen molar-refractivity contribution in [3.8, 4) is 0 Å². The van der Waals surface area contributed by atoms with E-state index in [1.54, 1.807) is 12.4 Å². The highest BCUT2D eigenvalue weighted by Crippen LogP contribution is 2.42. The summed E-state index contributed by atoms with van der Waals surface area (Å²) >= 11 is 3.44. The van der Waals surface area contributed by atoms with Crippen molar-refractivity contribution in [1.82, 2.24) is 15.0 Å². The van der Waals surface area contributed by atoms with Gasteiger partial charge in [-0.15, -0.1) is 0 Å². The molecule has 0 bridgehead atoms. The van der Waals surface area contributed by atoms with Gasteiger partial charge in [0, 0.05) is 29.0 Å². The Bertz CT molecular complexity index is 914. The van der Waals surface area contributed by atoms with Gasteiger partial charge in [0.25, 0.3) is 0 Å². The first-order valence-electron chi connectivity index (χ1n) is 7.59. The largest absolute Gasteiger partial charge is 0.362 e. The summed E-state index contributed by atoms with van der Waals surface area (Å²) in [5.74, 6) is -0.814. The Morgan fingerprint density at radius 3 is 2.50 bits per heavy atom. The number of fused-ring (bicyclic) bond motifs is 1. The van der Waals surface area contributed by atoms with E-state index in [1.165, 1.54) is 0 Å². The molecule has 1 aromatic carbocycles. The first-order valence-corrected chi connectivity index (χ1v) is 8.38. The van der Waals surface area contributed by atoms with E-state index in [-0.39, 0.29) is 6.04 Å². The molecule has 3 aromatic rings. The number of rotatable bonds is 4. The minimum atomic E-state index is -0.927. The van der Waals surface area contributed by atoms with Crippen molar-refractivity contribution in [2.24, 2.45) is 5.92 Å². The molecule has 1 fully saturated rings. The fourth-order valence-electron chi connectivity index (χ4n) is 2.74. The van der Waals surface area contributed by atoms with Crippen LogP contribution in [0.3, 0.4) is 0 Å². The number of benzene rings is 1. The number of nitrogens with zero attached hydrogens (tertiary/aromatic N) is 3. The lowest BCUT2D eigenvalue weighted by Crippen LogP contribution is -2.14. The van der Waals surface area contributed by atoms with E-state index >= 15 is 0 Å². The zero-order valence-electron chi connectivity index (χ0n) is 12.5. The van der Waals surface area contributed by atoms with E-state index in [0.29, 0.717) is 22.8 Å². The number of hydrogen-bond donors (Lipinski definition) is 1. The summed E-state index contributed by atoms with van der Waals surface area (Å²) in [6.07, 6.45) is 7.36. The fourth-order valence-corrected chi connectivity index (χ4v) is 3.12. The minimum absolute atomic E-state index is 0.0621. The van der Waals surface area contributed by atoms with E-state index in [4.69, 9.17) is 0 Å². The number of nitrogens with one attached hydrogen (secondary N) is 1. The number of anilines is 1.